The summed E-state index contributed by atoms with van der Waals surface area (Å²) in [5.41, 5.74) is 14.8. The molecule has 0 saturated carbocycles. The maximum Gasteiger partial charge on any atom is 0.125 e. The lowest BCUT2D eigenvalue weighted by Gasteiger charge is -2.36. The first kappa shape index (κ1) is 20.5. The Labute approximate surface area is 180 Å². The molecule has 156 valence electrons. The second-order valence-electron chi connectivity index (χ2n) is 8.62. The molecule has 0 atom stereocenters. The van der Waals surface area contributed by atoms with Crippen molar-refractivity contribution in [1.29, 1.82) is 0 Å². The van der Waals surface area contributed by atoms with E-state index in [2.05, 4.69) is 71.9 Å². The third-order valence-electron chi connectivity index (χ3n) is 7.32. The maximum atomic E-state index is 5.89. The molecule has 0 heterocycles. The predicted molar refractivity (Wildman–Crippen MR) is 125 cm³/mol. The van der Waals surface area contributed by atoms with Crippen LogP contribution in [0, 0.1) is 41.5 Å². The van der Waals surface area contributed by atoms with Crippen molar-refractivity contribution in [1.82, 2.24) is 0 Å². The van der Waals surface area contributed by atoms with E-state index in [-0.39, 0.29) is 5.92 Å². The lowest BCUT2D eigenvalue weighted by atomic mass is 9.68. The summed E-state index contributed by atoms with van der Waals surface area (Å²) in [7, 11) is 3.58. The summed E-state index contributed by atoms with van der Waals surface area (Å²) in [6.07, 6.45) is 0.961. The highest BCUT2D eigenvalue weighted by molar-refractivity contribution is 5.69. The van der Waals surface area contributed by atoms with Crippen LogP contribution in [0.4, 0.5) is 0 Å². The molecule has 0 fully saturated rings. The summed E-state index contributed by atoms with van der Waals surface area (Å²) in [5.74, 6) is 2.21. The van der Waals surface area contributed by atoms with Gasteiger partial charge in [0, 0.05) is 5.92 Å². The van der Waals surface area contributed by atoms with Crippen LogP contribution in [0.5, 0.6) is 11.5 Å². The van der Waals surface area contributed by atoms with Crippen molar-refractivity contribution in [2.75, 3.05) is 14.2 Å². The highest BCUT2D eigenvalue weighted by Gasteiger charge is 2.35. The Hall–Kier alpha value is -2.74. The highest BCUT2D eigenvalue weighted by Crippen LogP contribution is 2.50. The van der Waals surface area contributed by atoms with Gasteiger partial charge in [-0.15, -0.1) is 0 Å². The third-order valence-corrected chi connectivity index (χ3v) is 7.32. The summed E-state index contributed by atoms with van der Waals surface area (Å²) in [4.78, 5) is 0. The molecule has 1 aliphatic rings. The van der Waals surface area contributed by atoms with Gasteiger partial charge in [0.2, 0.25) is 0 Å². The SMILES string of the molecule is COc1c(C)c(C)c2c(c1C)C(c1ccccc1)c1c(C)c(OC)c(C)c(C)c1C2. The Morgan fingerprint density at radius 3 is 1.43 bits per heavy atom. The first-order chi connectivity index (χ1) is 14.3. The Balaban J connectivity index is 2.17. The molecule has 3 aromatic rings. The van der Waals surface area contributed by atoms with Crippen LogP contribution in [0.1, 0.15) is 67.1 Å². The summed E-state index contributed by atoms with van der Waals surface area (Å²) in [6, 6.07) is 10.9. The minimum atomic E-state index is 0.173. The molecule has 0 unspecified atom stereocenters. The van der Waals surface area contributed by atoms with Crippen LogP contribution in [0.3, 0.4) is 0 Å². The number of rotatable bonds is 3. The average Bonchev–Trinajstić information content (AvgIpc) is 2.76. The molecule has 0 N–H and O–H groups in total. The van der Waals surface area contributed by atoms with Gasteiger partial charge in [-0.2, -0.15) is 0 Å². The summed E-state index contributed by atoms with van der Waals surface area (Å²) < 4.78 is 11.8. The van der Waals surface area contributed by atoms with Gasteiger partial charge in [-0.05, 0) is 109 Å². The summed E-state index contributed by atoms with van der Waals surface area (Å²) in [6.45, 7) is 13.3. The fraction of sp³-hybridized carbons (Fsp3) is 0.357. The van der Waals surface area contributed by atoms with E-state index in [1.807, 2.05) is 0 Å². The molecule has 0 aromatic heterocycles. The van der Waals surface area contributed by atoms with Crippen LogP contribution in [-0.4, -0.2) is 14.2 Å². The van der Waals surface area contributed by atoms with Crippen LogP contribution >= 0.6 is 0 Å². The number of hydrogen-bond acceptors (Lipinski definition) is 2. The van der Waals surface area contributed by atoms with Gasteiger partial charge in [-0.25, -0.2) is 0 Å². The van der Waals surface area contributed by atoms with Crippen LogP contribution in [0.25, 0.3) is 0 Å². The van der Waals surface area contributed by atoms with E-state index in [0.29, 0.717) is 0 Å². The van der Waals surface area contributed by atoms with Crippen molar-refractivity contribution in [2.45, 2.75) is 53.9 Å². The zero-order valence-electron chi connectivity index (χ0n) is 19.5. The van der Waals surface area contributed by atoms with Gasteiger partial charge in [0.1, 0.15) is 11.5 Å². The number of ether oxygens (including phenoxy) is 2. The topological polar surface area (TPSA) is 18.5 Å². The Morgan fingerprint density at radius 2 is 1.03 bits per heavy atom. The molecule has 1 aliphatic carbocycles. The maximum absolute atomic E-state index is 5.89. The van der Waals surface area contributed by atoms with Crippen molar-refractivity contribution in [2.24, 2.45) is 0 Å². The second kappa shape index (κ2) is 7.50. The minimum absolute atomic E-state index is 0.173. The van der Waals surface area contributed by atoms with Crippen LogP contribution in [0.15, 0.2) is 30.3 Å². The van der Waals surface area contributed by atoms with Crippen LogP contribution in [0.2, 0.25) is 0 Å². The molecule has 4 rings (SSSR count). The minimum Gasteiger partial charge on any atom is -0.496 e. The van der Waals surface area contributed by atoms with E-state index in [0.717, 1.165) is 17.9 Å². The van der Waals surface area contributed by atoms with E-state index >= 15 is 0 Å². The number of hydrogen-bond donors (Lipinski definition) is 0. The zero-order chi connectivity index (χ0) is 21.7. The molecule has 0 spiro atoms. The average molecular weight is 401 g/mol. The summed E-state index contributed by atoms with van der Waals surface area (Å²) in [5, 5.41) is 0. The van der Waals surface area contributed by atoms with Gasteiger partial charge in [0.25, 0.3) is 0 Å². The molecule has 0 aliphatic heterocycles. The van der Waals surface area contributed by atoms with Crippen molar-refractivity contribution < 1.29 is 9.47 Å². The molecule has 2 nitrogen and oxygen atoms in total. The van der Waals surface area contributed by atoms with Gasteiger partial charge in [0.15, 0.2) is 0 Å². The van der Waals surface area contributed by atoms with Crippen molar-refractivity contribution in [3.8, 4) is 11.5 Å². The molecule has 3 aromatic carbocycles. The fourth-order valence-corrected chi connectivity index (χ4v) is 5.61. The highest BCUT2D eigenvalue weighted by atomic mass is 16.5. The van der Waals surface area contributed by atoms with E-state index in [4.69, 9.17) is 9.47 Å². The molecule has 0 amide bonds. The number of fused-ring (bicyclic) bond motifs is 2. The van der Waals surface area contributed by atoms with Crippen molar-refractivity contribution in [3.63, 3.8) is 0 Å². The van der Waals surface area contributed by atoms with Crippen LogP contribution < -0.4 is 9.47 Å². The van der Waals surface area contributed by atoms with Gasteiger partial charge in [0.05, 0.1) is 14.2 Å². The molecular formula is C28H32O2. The molecular weight excluding hydrogens is 368 g/mol. The largest absolute Gasteiger partial charge is 0.496 e. The van der Waals surface area contributed by atoms with E-state index in [1.54, 1.807) is 14.2 Å². The van der Waals surface area contributed by atoms with E-state index < -0.39 is 0 Å². The Kier molecular flexibility index (Phi) is 5.13. The fourth-order valence-electron chi connectivity index (χ4n) is 5.61. The van der Waals surface area contributed by atoms with E-state index in [9.17, 15) is 0 Å². The van der Waals surface area contributed by atoms with Gasteiger partial charge in [-0.3, -0.25) is 0 Å². The molecule has 2 heteroatoms. The van der Waals surface area contributed by atoms with Gasteiger partial charge < -0.3 is 9.47 Å². The summed E-state index contributed by atoms with van der Waals surface area (Å²) >= 11 is 0. The standard InChI is InChI=1S/C28H32O2/c1-15-17(3)27(29-7)19(5)24-22(15)14-23-16(2)18(4)28(30-8)20(6)25(23)26(24)21-12-10-9-11-13-21/h9-13,26H,14H2,1-8H3. The predicted octanol–water partition coefficient (Wildman–Crippen LogP) is 6.64. The van der Waals surface area contributed by atoms with Crippen molar-refractivity contribution >= 4 is 0 Å². The molecule has 0 radical (unpaired) electrons. The molecule has 0 bridgehead atoms. The zero-order valence-corrected chi connectivity index (χ0v) is 19.5. The first-order valence-electron chi connectivity index (χ1n) is 10.7. The monoisotopic (exact) mass is 400 g/mol. The third kappa shape index (κ3) is 2.77. The van der Waals surface area contributed by atoms with Gasteiger partial charge in [-0.1, -0.05) is 30.3 Å². The molecule has 0 saturated heterocycles. The van der Waals surface area contributed by atoms with Gasteiger partial charge >= 0.3 is 0 Å². The smallest absolute Gasteiger partial charge is 0.125 e. The van der Waals surface area contributed by atoms with E-state index in [1.165, 1.54) is 61.2 Å². The lowest BCUT2D eigenvalue weighted by Crippen LogP contribution is -2.22. The Morgan fingerprint density at radius 1 is 0.600 bits per heavy atom. The number of methoxy groups -OCH3 is 2. The van der Waals surface area contributed by atoms with Crippen LogP contribution in [-0.2, 0) is 6.42 Å². The lowest BCUT2D eigenvalue weighted by molar-refractivity contribution is 0.405. The first-order valence-corrected chi connectivity index (χ1v) is 10.7. The second-order valence-corrected chi connectivity index (χ2v) is 8.62. The Bertz CT molecular complexity index is 1070. The van der Waals surface area contributed by atoms with Crippen molar-refractivity contribution in [3.05, 3.63) is 91.5 Å². The quantitative estimate of drug-likeness (QED) is 0.384. The molecule has 30 heavy (non-hydrogen) atoms. The number of benzene rings is 3. The normalized spacial score (nSPS) is 13.1.